The van der Waals surface area contributed by atoms with E-state index >= 15 is 0 Å². The summed E-state index contributed by atoms with van der Waals surface area (Å²) in [5.74, 6) is 1.41. The van der Waals surface area contributed by atoms with Crippen molar-refractivity contribution in [3.63, 3.8) is 0 Å². The van der Waals surface area contributed by atoms with Gasteiger partial charge < -0.3 is 0 Å². The summed E-state index contributed by atoms with van der Waals surface area (Å²) in [6, 6.07) is 7.04. The van der Waals surface area contributed by atoms with E-state index in [0.29, 0.717) is 11.8 Å². The van der Waals surface area contributed by atoms with E-state index < -0.39 is 8.24 Å². The average Bonchev–Trinajstić information content (AvgIpc) is 3.06. The smallest absolute Gasteiger partial charge is 0.128 e. The lowest BCUT2D eigenvalue weighted by molar-refractivity contribution is 0.283. The Kier molecular flexibility index (Phi) is 4.95. The Bertz CT molecular complexity index is 711. The van der Waals surface area contributed by atoms with Crippen LogP contribution in [0.1, 0.15) is 29.5 Å². The van der Waals surface area contributed by atoms with Crippen molar-refractivity contribution in [3.8, 4) is 0 Å². The molecule has 1 saturated heterocycles. The highest BCUT2D eigenvalue weighted by molar-refractivity contribution is 6.76. The summed E-state index contributed by atoms with van der Waals surface area (Å²) in [5.41, 5.74) is 6.61. The molecule has 4 rings (SSSR count). The number of nitrogens with zero attached hydrogens (tertiary/aromatic N) is 1. The van der Waals surface area contributed by atoms with Gasteiger partial charge in [0.1, 0.15) is 8.24 Å². The largest absolute Gasteiger partial charge is 0.299 e. The minimum Gasteiger partial charge on any atom is -0.299 e. The quantitative estimate of drug-likeness (QED) is 0.783. The Morgan fingerprint density at radius 2 is 1.69 bits per heavy atom. The number of fused-ring (bicyclic) bond motifs is 1. The summed E-state index contributed by atoms with van der Waals surface area (Å²) in [5, 5.41) is 7.01. The molecule has 2 aliphatic carbocycles. The van der Waals surface area contributed by atoms with Crippen LogP contribution in [0.5, 0.6) is 0 Å². The summed E-state index contributed by atoms with van der Waals surface area (Å²) < 4.78 is 2.71. The fraction of sp³-hybridized carbons (Fsp3) is 0.545. The molecule has 3 nitrogen and oxygen atoms in total. The van der Waals surface area contributed by atoms with E-state index in [2.05, 4.69) is 78.6 Å². The predicted molar refractivity (Wildman–Crippen MR) is 113 cm³/mol. The van der Waals surface area contributed by atoms with Crippen LogP contribution in [0.25, 0.3) is 5.57 Å². The SMILES string of the molecule is Cc1cc(C)cc(C2=CC=CC3C2CCC3[Si](C)(C)N2CNCNC2)c1. The molecule has 0 bridgehead atoms. The number of benzene rings is 1. The summed E-state index contributed by atoms with van der Waals surface area (Å²) in [6.45, 7) is 12.6. The normalized spacial score (nSPS) is 29.5. The maximum atomic E-state index is 3.50. The molecule has 1 aromatic carbocycles. The van der Waals surface area contributed by atoms with Gasteiger partial charge >= 0.3 is 0 Å². The minimum absolute atomic E-state index is 0.698. The predicted octanol–water partition coefficient (Wildman–Crippen LogP) is 4.23. The van der Waals surface area contributed by atoms with Crippen molar-refractivity contribution in [2.75, 3.05) is 20.0 Å². The van der Waals surface area contributed by atoms with Gasteiger partial charge in [-0.05, 0) is 48.8 Å². The van der Waals surface area contributed by atoms with Crippen LogP contribution in [0.2, 0.25) is 18.6 Å². The monoisotopic (exact) mass is 367 g/mol. The van der Waals surface area contributed by atoms with Crippen LogP contribution in [0.15, 0.2) is 36.4 Å². The van der Waals surface area contributed by atoms with Gasteiger partial charge in [0.2, 0.25) is 0 Å². The third-order valence-corrected chi connectivity index (χ3v) is 11.3. The highest BCUT2D eigenvalue weighted by atomic mass is 28.3. The molecule has 1 aromatic rings. The molecule has 3 atom stereocenters. The molecular weight excluding hydrogens is 334 g/mol. The van der Waals surface area contributed by atoms with Crippen LogP contribution in [0.3, 0.4) is 0 Å². The molecule has 0 radical (unpaired) electrons. The zero-order valence-corrected chi connectivity index (χ0v) is 17.7. The fourth-order valence-corrected chi connectivity index (χ4v) is 9.18. The van der Waals surface area contributed by atoms with Crippen LogP contribution in [0.4, 0.5) is 0 Å². The molecule has 0 amide bonds. The minimum atomic E-state index is -1.50. The first-order chi connectivity index (χ1) is 12.5. The molecule has 0 spiro atoms. The Balaban J connectivity index is 1.60. The van der Waals surface area contributed by atoms with Crippen molar-refractivity contribution in [3.05, 3.63) is 53.1 Å². The van der Waals surface area contributed by atoms with E-state index in [1.54, 1.807) is 5.57 Å². The Hall–Kier alpha value is -1.20. The van der Waals surface area contributed by atoms with Gasteiger partial charge in [-0.15, -0.1) is 0 Å². The van der Waals surface area contributed by atoms with Gasteiger partial charge in [-0.25, -0.2) is 0 Å². The molecule has 26 heavy (non-hydrogen) atoms. The molecule has 1 saturated carbocycles. The van der Waals surface area contributed by atoms with E-state index in [0.717, 1.165) is 25.5 Å². The first-order valence-corrected chi connectivity index (χ1v) is 13.1. The maximum absolute atomic E-state index is 3.50. The number of allylic oxidation sites excluding steroid dienone is 4. The van der Waals surface area contributed by atoms with Crippen LogP contribution < -0.4 is 10.6 Å². The van der Waals surface area contributed by atoms with Gasteiger partial charge in [0.25, 0.3) is 0 Å². The van der Waals surface area contributed by atoms with Crippen molar-refractivity contribution in [1.29, 1.82) is 0 Å². The van der Waals surface area contributed by atoms with Crippen LogP contribution in [-0.4, -0.2) is 32.8 Å². The van der Waals surface area contributed by atoms with E-state index in [9.17, 15) is 0 Å². The van der Waals surface area contributed by atoms with Crippen molar-refractivity contribution in [2.24, 2.45) is 11.8 Å². The molecular formula is C22H33N3Si. The first kappa shape index (κ1) is 18.2. The van der Waals surface area contributed by atoms with E-state index in [4.69, 9.17) is 0 Å². The van der Waals surface area contributed by atoms with Crippen molar-refractivity contribution < 1.29 is 0 Å². The van der Waals surface area contributed by atoms with Crippen molar-refractivity contribution >= 4 is 13.8 Å². The molecule has 2 fully saturated rings. The molecule has 3 aliphatic rings. The van der Waals surface area contributed by atoms with Gasteiger partial charge in [-0.3, -0.25) is 15.2 Å². The summed E-state index contributed by atoms with van der Waals surface area (Å²) in [6.07, 6.45) is 9.95. The van der Waals surface area contributed by atoms with Crippen molar-refractivity contribution in [1.82, 2.24) is 15.2 Å². The van der Waals surface area contributed by atoms with Gasteiger partial charge in [-0.2, -0.15) is 0 Å². The number of aryl methyl sites for hydroxylation is 2. The average molecular weight is 368 g/mol. The lowest BCUT2D eigenvalue weighted by Gasteiger charge is -2.45. The summed E-state index contributed by atoms with van der Waals surface area (Å²) in [7, 11) is -1.50. The lowest BCUT2D eigenvalue weighted by Crippen LogP contribution is -2.63. The van der Waals surface area contributed by atoms with E-state index in [1.807, 2.05) is 0 Å². The number of hydrogen-bond acceptors (Lipinski definition) is 3. The van der Waals surface area contributed by atoms with Crippen LogP contribution in [-0.2, 0) is 0 Å². The molecule has 0 aromatic heterocycles. The zero-order valence-electron chi connectivity index (χ0n) is 16.7. The van der Waals surface area contributed by atoms with Crippen molar-refractivity contribution in [2.45, 2.75) is 45.3 Å². The van der Waals surface area contributed by atoms with Crippen LogP contribution >= 0.6 is 0 Å². The van der Waals surface area contributed by atoms with Gasteiger partial charge in [0.05, 0.1) is 0 Å². The molecule has 2 N–H and O–H groups in total. The van der Waals surface area contributed by atoms with Gasteiger partial charge in [0, 0.05) is 20.0 Å². The molecule has 1 aliphatic heterocycles. The second-order valence-electron chi connectivity index (χ2n) is 8.94. The zero-order chi connectivity index (χ0) is 18.3. The third kappa shape index (κ3) is 3.24. The lowest BCUT2D eigenvalue weighted by atomic mass is 9.80. The van der Waals surface area contributed by atoms with Gasteiger partial charge in [-0.1, -0.05) is 67.1 Å². The Labute approximate surface area is 159 Å². The topological polar surface area (TPSA) is 27.3 Å². The summed E-state index contributed by atoms with van der Waals surface area (Å²) in [4.78, 5) is 0. The fourth-order valence-electron chi connectivity index (χ4n) is 5.51. The molecule has 1 heterocycles. The Morgan fingerprint density at radius 1 is 1.00 bits per heavy atom. The standard InChI is InChI=1S/C22H33N3Si/c1-16-10-17(2)12-18(11-16)19-6-5-7-21-20(19)8-9-22(21)26(3,4)25-14-23-13-24-15-25/h5-7,10-12,20-24H,8-9,13-15H2,1-4H3. The van der Waals surface area contributed by atoms with Gasteiger partial charge in [0.15, 0.2) is 0 Å². The molecule has 3 unspecified atom stereocenters. The second-order valence-corrected chi connectivity index (χ2v) is 13.6. The molecule has 4 heteroatoms. The first-order valence-electron chi connectivity index (χ1n) is 10.1. The second kappa shape index (κ2) is 7.08. The van der Waals surface area contributed by atoms with E-state index in [1.165, 1.54) is 29.5 Å². The summed E-state index contributed by atoms with van der Waals surface area (Å²) >= 11 is 0. The number of rotatable bonds is 3. The number of nitrogens with one attached hydrogen (secondary N) is 2. The molecule has 140 valence electrons. The Morgan fingerprint density at radius 3 is 2.38 bits per heavy atom. The highest BCUT2D eigenvalue weighted by Crippen LogP contribution is 2.54. The number of hydrogen-bond donors (Lipinski definition) is 2. The maximum Gasteiger partial charge on any atom is 0.128 e. The highest BCUT2D eigenvalue weighted by Gasteiger charge is 2.48. The third-order valence-electron chi connectivity index (χ3n) is 6.86. The van der Waals surface area contributed by atoms with Crippen LogP contribution in [0, 0.1) is 25.7 Å². The van der Waals surface area contributed by atoms with E-state index in [-0.39, 0.29) is 0 Å².